The molecule has 8 nitrogen and oxygen atoms in total. The van der Waals surface area contributed by atoms with E-state index in [1.54, 1.807) is 11.0 Å². The number of anilines is 2. The molecule has 32 heavy (non-hydrogen) atoms. The molecule has 0 spiro atoms. The largest absolute Gasteiger partial charge is 0.444 e. The van der Waals surface area contributed by atoms with Crippen molar-refractivity contribution >= 4 is 39.1 Å². The van der Waals surface area contributed by atoms with Crippen molar-refractivity contribution in [2.45, 2.75) is 39.3 Å². The fourth-order valence-electron chi connectivity index (χ4n) is 3.56. The van der Waals surface area contributed by atoms with Gasteiger partial charge in [-0.05, 0) is 57.5 Å². The highest BCUT2D eigenvalue weighted by atomic mass is 79.9. The average molecular weight is 505 g/mol. The van der Waals surface area contributed by atoms with Crippen LogP contribution in [-0.4, -0.2) is 47.7 Å². The lowest BCUT2D eigenvalue weighted by Crippen LogP contribution is -2.50. The van der Waals surface area contributed by atoms with Gasteiger partial charge in [0.25, 0.3) is 5.69 Å². The van der Waals surface area contributed by atoms with Gasteiger partial charge in [0, 0.05) is 48.4 Å². The van der Waals surface area contributed by atoms with Crippen molar-refractivity contribution in [3.8, 4) is 0 Å². The van der Waals surface area contributed by atoms with Gasteiger partial charge in [-0.25, -0.2) is 4.79 Å². The number of ether oxygens (including phenoxy) is 1. The number of carbonyl (C=O) groups is 1. The molecule has 2 aromatic carbocycles. The maximum Gasteiger partial charge on any atom is 0.410 e. The molecule has 2 aromatic rings. The molecular weight excluding hydrogens is 476 g/mol. The summed E-state index contributed by atoms with van der Waals surface area (Å²) in [5, 5.41) is 14.9. The van der Waals surface area contributed by atoms with E-state index in [1.807, 2.05) is 58.0 Å². The molecule has 1 saturated heterocycles. The predicted molar refractivity (Wildman–Crippen MR) is 129 cm³/mol. The van der Waals surface area contributed by atoms with Crippen LogP contribution in [0, 0.1) is 10.1 Å². The summed E-state index contributed by atoms with van der Waals surface area (Å²) in [6.07, 6.45) is -0.314. The van der Waals surface area contributed by atoms with E-state index in [2.05, 4.69) is 26.1 Å². The summed E-state index contributed by atoms with van der Waals surface area (Å²) in [7, 11) is 0. The Labute approximate surface area is 196 Å². The summed E-state index contributed by atoms with van der Waals surface area (Å²) < 4.78 is 6.41. The van der Waals surface area contributed by atoms with Crippen LogP contribution in [0.4, 0.5) is 21.9 Å². The molecule has 172 valence electrons. The van der Waals surface area contributed by atoms with E-state index in [9.17, 15) is 14.9 Å². The number of nitro groups is 1. The van der Waals surface area contributed by atoms with Gasteiger partial charge in [-0.15, -0.1) is 0 Å². The SMILES string of the molecule is CC(Nc1cc(N2CCN(C(=O)OC(C)(C)C)CC2)ccc1[N+](=O)[O-])c1cccc(Br)c1. The van der Waals surface area contributed by atoms with E-state index in [4.69, 9.17) is 4.74 Å². The zero-order valence-corrected chi connectivity index (χ0v) is 20.4. The van der Waals surface area contributed by atoms with E-state index >= 15 is 0 Å². The second kappa shape index (κ2) is 9.77. The van der Waals surface area contributed by atoms with Crippen molar-refractivity contribution in [1.82, 2.24) is 4.90 Å². The van der Waals surface area contributed by atoms with Crippen LogP contribution in [-0.2, 0) is 4.74 Å². The highest BCUT2D eigenvalue weighted by molar-refractivity contribution is 9.10. The average Bonchev–Trinajstić information content (AvgIpc) is 2.72. The molecule has 9 heteroatoms. The zero-order chi connectivity index (χ0) is 23.5. The van der Waals surface area contributed by atoms with Crippen molar-refractivity contribution in [3.05, 3.63) is 62.6 Å². The summed E-state index contributed by atoms with van der Waals surface area (Å²) in [5.41, 5.74) is 1.86. The Balaban J connectivity index is 1.73. The topological polar surface area (TPSA) is 88.0 Å². The van der Waals surface area contributed by atoms with Crippen LogP contribution < -0.4 is 10.2 Å². The minimum atomic E-state index is -0.530. The number of amides is 1. The normalized spacial score (nSPS) is 15.3. The molecule has 1 aliphatic heterocycles. The second-order valence-electron chi connectivity index (χ2n) is 8.83. The Hall–Kier alpha value is -2.81. The highest BCUT2D eigenvalue weighted by Crippen LogP contribution is 2.33. The first kappa shape index (κ1) is 23.8. The Morgan fingerprint density at radius 2 is 1.84 bits per heavy atom. The molecule has 1 fully saturated rings. The van der Waals surface area contributed by atoms with Gasteiger partial charge in [-0.3, -0.25) is 10.1 Å². The summed E-state index contributed by atoms with van der Waals surface area (Å²) in [6.45, 7) is 9.82. The molecule has 1 amide bonds. The fourth-order valence-corrected chi connectivity index (χ4v) is 3.98. The maximum atomic E-state index is 12.3. The molecule has 0 aliphatic carbocycles. The minimum absolute atomic E-state index is 0.0305. The third-order valence-electron chi connectivity index (χ3n) is 5.19. The maximum absolute atomic E-state index is 12.3. The van der Waals surface area contributed by atoms with Crippen LogP contribution in [0.25, 0.3) is 0 Å². The summed E-state index contributed by atoms with van der Waals surface area (Å²) in [6, 6.07) is 12.8. The predicted octanol–water partition coefficient (Wildman–Crippen LogP) is 5.59. The van der Waals surface area contributed by atoms with Crippen molar-refractivity contribution in [1.29, 1.82) is 0 Å². The van der Waals surface area contributed by atoms with Gasteiger partial charge in [0.05, 0.1) is 4.92 Å². The lowest BCUT2D eigenvalue weighted by Gasteiger charge is -2.36. The van der Waals surface area contributed by atoms with Crippen LogP contribution >= 0.6 is 15.9 Å². The number of carbonyl (C=O) groups excluding carboxylic acids is 1. The molecule has 1 unspecified atom stereocenters. The quantitative estimate of drug-likeness (QED) is 0.421. The Bertz CT molecular complexity index is 984. The standard InChI is InChI=1S/C23H29BrN4O4/c1-16(17-6-5-7-18(24)14-17)25-20-15-19(8-9-21(20)28(30)31)26-10-12-27(13-11-26)22(29)32-23(2,3)4/h5-9,14-16,25H,10-13H2,1-4H3. The van der Waals surface area contributed by atoms with Gasteiger partial charge in [0.1, 0.15) is 11.3 Å². The fraction of sp³-hybridized carbons (Fsp3) is 0.435. The van der Waals surface area contributed by atoms with Gasteiger partial charge >= 0.3 is 6.09 Å². The Morgan fingerprint density at radius 3 is 2.44 bits per heavy atom. The number of halogens is 1. The van der Waals surface area contributed by atoms with Crippen LogP contribution in [0.15, 0.2) is 46.9 Å². The Morgan fingerprint density at radius 1 is 1.16 bits per heavy atom. The number of benzene rings is 2. The molecule has 0 aromatic heterocycles. The molecule has 0 radical (unpaired) electrons. The molecule has 0 saturated carbocycles. The van der Waals surface area contributed by atoms with Gasteiger partial charge in [-0.1, -0.05) is 28.1 Å². The first-order chi connectivity index (χ1) is 15.0. The molecular formula is C23H29BrN4O4. The molecule has 1 N–H and O–H groups in total. The number of nitrogens with one attached hydrogen (secondary N) is 1. The van der Waals surface area contributed by atoms with Crippen LogP contribution in [0.5, 0.6) is 0 Å². The summed E-state index contributed by atoms with van der Waals surface area (Å²) >= 11 is 3.47. The molecule has 1 aliphatic rings. The van der Waals surface area contributed by atoms with E-state index < -0.39 is 5.60 Å². The minimum Gasteiger partial charge on any atom is -0.444 e. The molecule has 3 rings (SSSR count). The monoisotopic (exact) mass is 504 g/mol. The van der Waals surface area contributed by atoms with E-state index in [1.165, 1.54) is 6.07 Å². The van der Waals surface area contributed by atoms with Crippen molar-refractivity contribution in [3.63, 3.8) is 0 Å². The third-order valence-corrected chi connectivity index (χ3v) is 5.69. The second-order valence-corrected chi connectivity index (χ2v) is 9.75. The number of nitrogens with zero attached hydrogens (tertiary/aromatic N) is 3. The molecule has 1 atom stereocenters. The van der Waals surface area contributed by atoms with Crippen LogP contribution in [0.1, 0.15) is 39.3 Å². The first-order valence-electron chi connectivity index (χ1n) is 10.6. The van der Waals surface area contributed by atoms with Gasteiger partial charge in [-0.2, -0.15) is 0 Å². The van der Waals surface area contributed by atoms with Gasteiger partial charge < -0.3 is 19.9 Å². The molecule has 0 bridgehead atoms. The van der Waals surface area contributed by atoms with E-state index in [0.29, 0.717) is 31.9 Å². The number of nitro benzene ring substituents is 1. The highest BCUT2D eigenvalue weighted by Gasteiger charge is 2.27. The third kappa shape index (κ3) is 6.12. The smallest absolute Gasteiger partial charge is 0.410 e. The van der Waals surface area contributed by atoms with Crippen molar-refractivity contribution in [2.75, 3.05) is 36.4 Å². The molecule has 1 heterocycles. The van der Waals surface area contributed by atoms with Crippen LogP contribution in [0.2, 0.25) is 0 Å². The van der Waals surface area contributed by atoms with E-state index in [-0.39, 0.29) is 22.7 Å². The summed E-state index contributed by atoms with van der Waals surface area (Å²) in [4.78, 5) is 27.4. The van der Waals surface area contributed by atoms with E-state index in [0.717, 1.165) is 15.7 Å². The Kier molecular flexibility index (Phi) is 7.28. The van der Waals surface area contributed by atoms with Crippen molar-refractivity contribution in [2.24, 2.45) is 0 Å². The first-order valence-corrected chi connectivity index (χ1v) is 11.4. The van der Waals surface area contributed by atoms with Gasteiger partial charge in [0.15, 0.2) is 0 Å². The number of rotatable bonds is 5. The number of hydrogen-bond donors (Lipinski definition) is 1. The van der Waals surface area contributed by atoms with Crippen LogP contribution in [0.3, 0.4) is 0 Å². The van der Waals surface area contributed by atoms with Crippen molar-refractivity contribution < 1.29 is 14.5 Å². The number of hydrogen-bond acceptors (Lipinski definition) is 6. The van der Waals surface area contributed by atoms with Gasteiger partial charge in [0.2, 0.25) is 0 Å². The number of piperazine rings is 1. The lowest BCUT2D eigenvalue weighted by molar-refractivity contribution is -0.384. The zero-order valence-electron chi connectivity index (χ0n) is 18.8. The summed E-state index contributed by atoms with van der Waals surface area (Å²) in [5.74, 6) is 0. The lowest BCUT2D eigenvalue weighted by atomic mass is 10.1.